The van der Waals surface area contributed by atoms with Crippen LogP contribution in [0.4, 0.5) is 10.2 Å². The molecule has 33 heavy (non-hydrogen) atoms. The second-order valence-electron chi connectivity index (χ2n) is 7.59. The summed E-state index contributed by atoms with van der Waals surface area (Å²) in [7, 11) is 0. The highest BCUT2D eigenvalue weighted by atomic mass is 35.5. The number of amides is 1. The molecule has 0 atom stereocenters. The smallest absolute Gasteiger partial charge is 0.256 e. The summed E-state index contributed by atoms with van der Waals surface area (Å²) in [6, 6.07) is 8.41. The Hall–Kier alpha value is -4.03. The minimum absolute atomic E-state index is 0.0705. The number of nitrogen functional groups attached to an aromatic ring is 1. The Kier molecular flexibility index (Phi) is 5.94. The number of nitriles is 1. The first-order valence-corrected chi connectivity index (χ1v) is 10.3. The van der Waals surface area contributed by atoms with Crippen molar-refractivity contribution >= 4 is 34.2 Å². The number of nitrogens with zero attached hydrogens (tertiary/aromatic N) is 5. The maximum Gasteiger partial charge on any atom is 0.256 e. The van der Waals surface area contributed by atoms with Crippen LogP contribution in [0.25, 0.3) is 10.9 Å². The molecule has 3 N–H and O–H groups in total. The van der Waals surface area contributed by atoms with Gasteiger partial charge in [-0.3, -0.25) is 9.78 Å². The number of benzene rings is 1. The Labute approximate surface area is 193 Å². The molecule has 0 aliphatic carbocycles. The maximum atomic E-state index is 14.5. The number of carbonyl (C=O) groups excluding carboxylic acids is 1. The lowest BCUT2D eigenvalue weighted by Crippen LogP contribution is -2.24. The molecular weight excluding hydrogens is 445 g/mol. The number of nitrogens with one attached hydrogen (secondary N) is 1. The van der Waals surface area contributed by atoms with Crippen LogP contribution in [0.5, 0.6) is 0 Å². The zero-order valence-electron chi connectivity index (χ0n) is 17.9. The van der Waals surface area contributed by atoms with Crippen molar-refractivity contribution in [1.29, 1.82) is 5.26 Å². The van der Waals surface area contributed by atoms with E-state index in [4.69, 9.17) is 17.3 Å². The Bertz CT molecular complexity index is 1420. The van der Waals surface area contributed by atoms with E-state index in [0.717, 1.165) is 16.8 Å². The van der Waals surface area contributed by atoms with Gasteiger partial charge >= 0.3 is 0 Å². The van der Waals surface area contributed by atoms with Crippen molar-refractivity contribution in [3.8, 4) is 6.07 Å². The lowest BCUT2D eigenvalue weighted by atomic mass is 10.1. The van der Waals surface area contributed by atoms with Crippen LogP contribution in [-0.4, -0.2) is 25.7 Å². The third-order valence-corrected chi connectivity index (χ3v) is 5.49. The highest BCUT2D eigenvalue weighted by Crippen LogP contribution is 2.22. The molecule has 0 fully saturated rings. The van der Waals surface area contributed by atoms with Gasteiger partial charge in [0.2, 0.25) is 0 Å². The Balaban J connectivity index is 1.57. The molecule has 4 aromatic rings. The monoisotopic (exact) mass is 463 g/mol. The van der Waals surface area contributed by atoms with E-state index < -0.39 is 11.7 Å². The zero-order valence-corrected chi connectivity index (χ0v) is 18.6. The number of pyridine rings is 2. The van der Waals surface area contributed by atoms with Crippen molar-refractivity contribution in [2.24, 2.45) is 0 Å². The van der Waals surface area contributed by atoms with Crippen molar-refractivity contribution in [2.75, 3.05) is 5.73 Å². The van der Waals surface area contributed by atoms with Gasteiger partial charge in [-0.2, -0.15) is 10.4 Å². The summed E-state index contributed by atoms with van der Waals surface area (Å²) >= 11 is 5.97. The van der Waals surface area contributed by atoms with Crippen LogP contribution in [0.3, 0.4) is 0 Å². The molecule has 4 rings (SSSR count). The third-order valence-electron chi connectivity index (χ3n) is 5.29. The Morgan fingerprint density at radius 1 is 1.27 bits per heavy atom. The highest BCUT2D eigenvalue weighted by molar-refractivity contribution is 6.31. The van der Waals surface area contributed by atoms with E-state index in [-0.39, 0.29) is 29.9 Å². The molecule has 8 nitrogen and oxygen atoms in total. The molecule has 0 unspecified atom stereocenters. The first kappa shape index (κ1) is 22.2. The Morgan fingerprint density at radius 2 is 2.06 bits per heavy atom. The molecule has 10 heteroatoms. The number of aromatic nitrogens is 4. The fourth-order valence-electron chi connectivity index (χ4n) is 3.71. The highest BCUT2D eigenvalue weighted by Gasteiger charge is 2.19. The van der Waals surface area contributed by atoms with Crippen LogP contribution in [0.2, 0.25) is 5.02 Å². The van der Waals surface area contributed by atoms with Crippen LogP contribution in [-0.2, 0) is 13.1 Å². The average Bonchev–Trinajstić information content (AvgIpc) is 3.15. The number of rotatable bonds is 5. The SMILES string of the molecule is Cc1cc(N)nc(C)c1CNC(=O)c1cnn(Cc2cc(F)c3ncc(Cl)cc3c2)c1C#N. The van der Waals surface area contributed by atoms with Gasteiger partial charge in [-0.1, -0.05) is 11.6 Å². The molecule has 1 amide bonds. The summed E-state index contributed by atoms with van der Waals surface area (Å²) in [6.07, 6.45) is 2.70. The van der Waals surface area contributed by atoms with Gasteiger partial charge in [0.05, 0.1) is 23.3 Å². The van der Waals surface area contributed by atoms with E-state index in [0.29, 0.717) is 21.8 Å². The number of hydrogen-bond donors (Lipinski definition) is 2. The predicted molar refractivity (Wildman–Crippen MR) is 122 cm³/mol. The number of aryl methyl sites for hydroxylation is 2. The molecule has 0 radical (unpaired) electrons. The topological polar surface area (TPSA) is 123 Å². The van der Waals surface area contributed by atoms with E-state index in [1.165, 1.54) is 23.1 Å². The first-order valence-electron chi connectivity index (χ1n) is 9.97. The predicted octanol–water partition coefficient (Wildman–Crippen LogP) is 3.67. The van der Waals surface area contributed by atoms with E-state index in [1.54, 1.807) is 18.2 Å². The van der Waals surface area contributed by atoms with Gasteiger partial charge in [-0.05, 0) is 54.8 Å². The molecule has 0 saturated carbocycles. The van der Waals surface area contributed by atoms with Gasteiger partial charge in [0.15, 0.2) is 5.69 Å². The van der Waals surface area contributed by atoms with Gasteiger partial charge in [0, 0.05) is 23.8 Å². The number of nitrogens with two attached hydrogens (primary N) is 1. The molecule has 1 aromatic carbocycles. The van der Waals surface area contributed by atoms with E-state index >= 15 is 0 Å². The van der Waals surface area contributed by atoms with Crippen molar-refractivity contribution in [3.05, 3.63) is 81.1 Å². The van der Waals surface area contributed by atoms with Gasteiger partial charge in [-0.15, -0.1) is 0 Å². The second-order valence-corrected chi connectivity index (χ2v) is 8.03. The molecule has 0 bridgehead atoms. The van der Waals surface area contributed by atoms with Crippen molar-refractivity contribution in [1.82, 2.24) is 25.1 Å². The molecule has 166 valence electrons. The third kappa shape index (κ3) is 4.47. The lowest BCUT2D eigenvalue weighted by molar-refractivity contribution is 0.0950. The van der Waals surface area contributed by atoms with Gasteiger partial charge in [0.25, 0.3) is 5.91 Å². The second kappa shape index (κ2) is 8.84. The summed E-state index contributed by atoms with van der Waals surface area (Å²) < 4.78 is 15.8. The summed E-state index contributed by atoms with van der Waals surface area (Å²) in [6.45, 7) is 4.02. The zero-order chi connectivity index (χ0) is 23.7. The quantitative estimate of drug-likeness (QED) is 0.465. The van der Waals surface area contributed by atoms with Crippen molar-refractivity contribution in [3.63, 3.8) is 0 Å². The number of anilines is 1. The van der Waals surface area contributed by atoms with E-state index in [9.17, 15) is 14.4 Å². The van der Waals surface area contributed by atoms with Crippen LogP contribution in [0.15, 0.2) is 36.7 Å². The van der Waals surface area contributed by atoms with Crippen LogP contribution < -0.4 is 11.1 Å². The fraction of sp³-hybridized carbons (Fsp3) is 0.174. The first-order chi connectivity index (χ1) is 15.8. The molecule has 0 saturated heterocycles. The summed E-state index contributed by atoms with van der Waals surface area (Å²) in [5.74, 6) is -0.545. The van der Waals surface area contributed by atoms with E-state index in [2.05, 4.69) is 20.4 Å². The molecule has 0 aliphatic rings. The van der Waals surface area contributed by atoms with Gasteiger partial charge < -0.3 is 11.1 Å². The molecular formula is C23H19ClFN7O. The minimum Gasteiger partial charge on any atom is -0.384 e. The largest absolute Gasteiger partial charge is 0.384 e. The maximum absolute atomic E-state index is 14.5. The molecule has 3 aromatic heterocycles. The molecule has 3 heterocycles. The van der Waals surface area contributed by atoms with E-state index in [1.807, 2.05) is 19.9 Å². The fourth-order valence-corrected chi connectivity index (χ4v) is 3.88. The molecule has 0 spiro atoms. The number of fused-ring (bicyclic) bond motifs is 1. The van der Waals surface area contributed by atoms with Crippen molar-refractivity contribution in [2.45, 2.75) is 26.9 Å². The Morgan fingerprint density at radius 3 is 2.79 bits per heavy atom. The van der Waals surface area contributed by atoms with Gasteiger partial charge in [-0.25, -0.2) is 14.1 Å². The van der Waals surface area contributed by atoms with Crippen molar-refractivity contribution < 1.29 is 9.18 Å². The minimum atomic E-state index is -0.509. The van der Waals surface area contributed by atoms with Crippen LogP contribution >= 0.6 is 11.6 Å². The summed E-state index contributed by atoms with van der Waals surface area (Å²) in [4.78, 5) is 21.0. The van der Waals surface area contributed by atoms with Crippen LogP contribution in [0.1, 0.15) is 38.4 Å². The van der Waals surface area contributed by atoms with Gasteiger partial charge in [0.1, 0.15) is 23.2 Å². The number of hydrogen-bond acceptors (Lipinski definition) is 6. The lowest BCUT2D eigenvalue weighted by Gasteiger charge is -2.11. The molecule has 0 aliphatic heterocycles. The number of carbonyl (C=O) groups is 1. The summed E-state index contributed by atoms with van der Waals surface area (Å²) in [5.41, 5.74) is 9.17. The standard InChI is InChI=1S/C23H19ClFN7O/c1-12-3-21(27)31-13(2)17(12)9-29-23(33)18-10-30-32(20(18)7-26)11-14-4-15-6-16(24)8-28-22(15)19(25)5-14/h3-6,8,10H,9,11H2,1-2H3,(H2,27,31)(H,29,33). The normalized spacial score (nSPS) is 10.9. The summed E-state index contributed by atoms with van der Waals surface area (Å²) in [5, 5.41) is 17.6. The average molecular weight is 464 g/mol. The number of halogens is 2. The van der Waals surface area contributed by atoms with Crippen LogP contribution in [0, 0.1) is 31.0 Å².